The summed E-state index contributed by atoms with van der Waals surface area (Å²) in [5, 5.41) is 0. The minimum atomic E-state index is -0.428. The highest BCUT2D eigenvalue weighted by Crippen LogP contribution is 2.29. The molecule has 2 bridgehead atoms. The summed E-state index contributed by atoms with van der Waals surface area (Å²) >= 11 is 0. The minimum absolute atomic E-state index is 0.250. The zero-order chi connectivity index (χ0) is 11.8. The van der Waals surface area contributed by atoms with E-state index in [1.54, 1.807) is 0 Å². The van der Waals surface area contributed by atoms with Gasteiger partial charge in [-0.25, -0.2) is 14.4 Å². The van der Waals surface area contributed by atoms with Crippen molar-refractivity contribution < 1.29 is 9.18 Å². The summed E-state index contributed by atoms with van der Waals surface area (Å²) in [6.07, 6.45) is 5.35. The SMILES string of the molecule is O=CN1[C@@H]2CC[C@H]1CN(c1ncc(F)cn1)C2. The number of fused-ring (bicyclic) bond motifs is 2. The van der Waals surface area contributed by atoms with Gasteiger partial charge in [0, 0.05) is 25.2 Å². The summed E-state index contributed by atoms with van der Waals surface area (Å²) in [6, 6.07) is 0.500. The molecule has 2 aliphatic rings. The summed E-state index contributed by atoms with van der Waals surface area (Å²) in [5.74, 6) is 0.122. The van der Waals surface area contributed by atoms with Crippen LogP contribution in [0, 0.1) is 5.82 Å². The van der Waals surface area contributed by atoms with E-state index in [2.05, 4.69) is 9.97 Å². The summed E-state index contributed by atoms with van der Waals surface area (Å²) in [4.78, 5) is 22.8. The zero-order valence-electron chi connectivity index (χ0n) is 9.29. The van der Waals surface area contributed by atoms with Crippen LogP contribution in [0.4, 0.5) is 10.3 Å². The van der Waals surface area contributed by atoms with Gasteiger partial charge in [0.15, 0.2) is 5.82 Å². The van der Waals surface area contributed by atoms with Crippen LogP contribution in [-0.2, 0) is 4.79 Å². The van der Waals surface area contributed by atoms with Crippen LogP contribution in [-0.4, -0.2) is 46.5 Å². The van der Waals surface area contributed by atoms with Crippen LogP contribution < -0.4 is 4.90 Å². The molecule has 2 fully saturated rings. The average Bonchev–Trinajstić information content (AvgIpc) is 2.59. The molecule has 0 N–H and O–H groups in total. The first kappa shape index (κ1) is 10.4. The molecule has 1 aromatic rings. The van der Waals surface area contributed by atoms with E-state index in [9.17, 15) is 9.18 Å². The molecule has 0 aromatic carbocycles. The average molecular weight is 236 g/mol. The Morgan fingerprint density at radius 3 is 2.35 bits per heavy atom. The van der Waals surface area contributed by atoms with E-state index in [-0.39, 0.29) is 12.1 Å². The van der Waals surface area contributed by atoms with Crippen molar-refractivity contribution in [2.24, 2.45) is 0 Å². The van der Waals surface area contributed by atoms with E-state index in [0.717, 1.165) is 32.3 Å². The Labute approximate surface area is 98.3 Å². The van der Waals surface area contributed by atoms with Crippen molar-refractivity contribution in [1.29, 1.82) is 0 Å². The van der Waals surface area contributed by atoms with Crippen LogP contribution in [0.3, 0.4) is 0 Å². The number of rotatable bonds is 2. The Balaban J connectivity index is 1.79. The van der Waals surface area contributed by atoms with Crippen LogP contribution in [0.2, 0.25) is 0 Å². The molecule has 0 spiro atoms. The van der Waals surface area contributed by atoms with Gasteiger partial charge < -0.3 is 9.80 Å². The molecule has 17 heavy (non-hydrogen) atoms. The molecule has 0 unspecified atom stereocenters. The summed E-state index contributed by atoms with van der Waals surface area (Å²) in [6.45, 7) is 1.47. The molecule has 6 heteroatoms. The van der Waals surface area contributed by atoms with Crippen LogP contribution in [0.5, 0.6) is 0 Å². The standard InChI is InChI=1S/C11H13FN4O/c12-8-3-13-11(14-4-8)15-5-9-1-2-10(6-15)16(9)7-17/h3-4,7,9-10H,1-2,5-6H2/t9-,10+. The van der Waals surface area contributed by atoms with Gasteiger partial charge in [0.25, 0.3) is 0 Å². The lowest BCUT2D eigenvalue weighted by Crippen LogP contribution is -2.53. The monoisotopic (exact) mass is 236 g/mol. The first-order valence-corrected chi connectivity index (χ1v) is 5.73. The number of aromatic nitrogens is 2. The second-order valence-electron chi connectivity index (χ2n) is 4.54. The van der Waals surface area contributed by atoms with Crippen LogP contribution >= 0.6 is 0 Å². The second kappa shape index (κ2) is 3.94. The molecule has 5 nitrogen and oxygen atoms in total. The van der Waals surface area contributed by atoms with Gasteiger partial charge in [-0.3, -0.25) is 4.79 Å². The maximum atomic E-state index is 12.7. The second-order valence-corrected chi connectivity index (χ2v) is 4.54. The normalized spacial score (nSPS) is 27.4. The van der Waals surface area contributed by atoms with Crippen molar-refractivity contribution >= 4 is 12.4 Å². The van der Waals surface area contributed by atoms with E-state index in [4.69, 9.17) is 0 Å². The summed E-state index contributed by atoms with van der Waals surface area (Å²) in [7, 11) is 0. The highest BCUT2D eigenvalue weighted by molar-refractivity contribution is 5.51. The fraction of sp³-hybridized carbons (Fsp3) is 0.545. The molecule has 0 saturated carbocycles. The first-order valence-electron chi connectivity index (χ1n) is 5.73. The van der Waals surface area contributed by atoms with Crippen molar-refractivity contribution in [3.63, 3.8) is 0 Å². The van der Waals surface area contributed by atoms with Crippen LogP contribution in [0.15, 0.2) is 12.4 Å². The zero-order valence-corrected chi connectivity index (χ0v) is 9.29. The predicted octanol–water partition coefficient (Wildman–Crippen LogP) is 0.425. The predicted molar refractivity (Wildman–Crippen MR) is 58.9 cm³/mol. The third-order valence-corrected chi connectivity index (χ3v) is 3.55. The number of carbonyl (C=O) groups excluding carboxylic acids is 1. The Morgan fingerprint density at radius 1 is 1.24 bits per heavy atom. The van der Waals surface area contributed by atoms with E-state index < -0.39 is 5.82 Å². The number of halogens is 1. The number of anilines is 1. The molecule has 0 radical (unpaired) electrons. The lowest BCUT2D eigenvalue weighted by atomic mass is 10.2. The molecular weight excluding hydrogens is 223 g/mol. The van der Waals surface area contributed by atoms with Crippen molar-refractivity contribution in [2.75, 3.05) is 18.0 Å². The first-order chi connectivity index (χ1) is 8.28. The molecule has 90 valence electrons. The van der Waals surface area contributed by atoms with Crippen molar-refractivity contribution in [3.8, 4) is 0 Å². The maximum Gasteiger partial charge on any atom is 0.225 e. The quantitative estimate of drug-likeness (QED) is 0.698. The molecule has 0 aliphatic carbocycles. The van der Waals surface area contributed by atoms with Crippen LogP contribution in [0.1, 0.15) is 12.8 Å². The van der Waals surface area contributed by atoms with Gasteiger partial charge in [-0.15, -0.1) is 0 Å². The van der Waals surface area contributed by atoms with E-state index in [0.29, 0.717) is 5.95 Å². The molecule has 2 saturated heterocycles. The highest BCUT2D eigenvalue weighted by atomic mass is 19.1. The number of carbonyl (C=O) groups is 1. The van der Waals surface area contributed by atoms with Gasteiger partial charge in [-0.2, -0.15) is 0 Å². The third-order valence-electron chi connectivity index (χ3n) is 3.55. The van der Waals surface area contributed by atoms with Crippen molar-refractivity contribution in [1.82, 2.24) is 14.9 Å². The Kier molecular flexibility index (Phi) is 2.42. The Bertz CT molecular complexity index is 410. The topological polar surface area (TPSA) is 49.3 Å². The number of nitrogens with zero attached hydrogens (tertiary/aromatic N) is 4. The Hall–Kier alpha value is -1.72. The van der Waals surface area contributed by atoms with E-state index >= 15 is 0 Å². The number of hydrogen-bond donors (Lipinski definition) is 0. The smallest absolute Gasteiger partial charge is 0.225 e. The molecule has 1 amide bonds. The van der Waals surface area contributed by atoms with E-state index in [1.807, 2.05) is 9.80 Å². The number of piperazine rings is 1. The molecule has 3 heterocycles. The lowest BCUT2D eigenvalue weighted by Gasteiger charge is -2.38. The minimum Gasteiger partial charge on any atom is -0.337 e. The van der Waals surface area contributed by atoms with E-state index in [1.165, 1.54) is 12.4 Å². The maximum absolute atomic E-state index is 12.7. The lowest BCUT2D eigenvalue weighted by molar-refractivity contribution is -0.121. The van der Waals surface area contributed by atoms with Crippen molar-refractivity contribution in [3.05, 3.63) is 18.2 Å². The van der Waals surface area contributed by atoms with Gasteiger partial charge >= 0.3 is 0 Å². The molecule has 3 rings (SSSR count). The van der Waals surface area contributed by atoms with Gasteiger partial charge in [0.2, 0.25) is 12.4 Å². The number of amides is 1. The van der Waals surface area contributed by atoms with Crippen molar-refractivity contribution in [2.45, 2.75) is 24.9 Å². The number of hydrogen-bond acceptors (Lipinski definition) is 4. The highest BCUT2D eigenvalue weighted by Gasteiger charge is 2.39. The fourth-order valence-electron chi connectivity index (χ4n) is 2.74. The third kappa shape index (κ3) is 1.73. The van der Waals surface area contributed by atoms with Gasteiger partial charge in [0.05, 0.1) is 12.4 Å². The van der Waals surface area contributed by atoms with Gasteiger partial charge in [-0.05, 0) is 12.8 Å². The molecule has 2 aliphatic heterocycles. The van der Waals surface area contributed by atoms with Gasteiger partial charge in [0.1, 0.15) is 0 Å². The van der Waals surface area contributed by atoms with Crippen LogP contribution in [0.25, 0.3) is 0 Å². The summed E-state index contributed by atoms with van der Waals surface area (Å²) in [5.41, 5.74) is 0. The summed E-state index contributed by atoms with van der Waals surface area (Å²) < 4.78 is 12.7. The molecular formula is C11H13FN4O. The van der Waals surface area contributed by atoms with Gasteiger partial charge in [-0.1, -0.05) is 0 Å². The molecule has 2 atom stereocenters. The largest absolute Gasteiger partial charge is 0.337 e. The Morgan fingerprint density at radius 2 is 1.82 bits per heavy atom. The molecule has 1 aromatic heterocycles. The fourth-order valence-corrected chi connectivity index (χ4v) is 2.74.